The molecular formula is C27H31NO3. The molecule has 0 saturated heterocycles. The zero-order valence-electron chi connectivity index (χ0n) is 19.1. The number of furan rings is 1. The summed E-state index contributed by atoms with van der Waals surface area (Å²) in [5.74, 6) is 1.77. The second-order valence-corrected chi connectivity index (χ2v) is 8.53. The fourth-order valence-corrected chi connectivity index (χ4v) is 4.56. The molecule has 1 aromatic heterocycles. The molecule has 0 spiro atoms. The summed E-state index contributed by atoms with van der Waals surface area (Å²) in [7, 11) is 0. The molecule has 4 nitrogen and oxygen atoms in total. The van der Waals surface area contributed by atoms with E-state index in [1.807, 2.05) is 39.8 Å². The molecule has 2 aromatic carbocycles. The first-order valence-corrected chi connectivity index (χ1v) is 11.2. The predicted octanol–water partition coefficient (Wildman–Crippen LogP) is 6.68. The van der Waals surface area contributed by atoms with E-state index in [0.717, 1.165) is 63.3 Å². The summed E-state index contributed by atoms with van der Waals surface area (Å²) >= 11 is 0. The summed E-state index contributed by atoms with van der Waals surface area (Å²) in [6.45, 7) is 10.6. The lowest BCUT2D eigenvalue weighted by Gasteiger charge is -2.15. The average molecular weight is 418 g/mol. The quantitative estimate of drug-likeness (QED) is 0.471. The third-order valence-corrected chi connectivity index (χ3v) is 6.13. The Kier molecular flexibility index (Phi) is 5.90. The Labute approximate surface area is 184 Å². The minimum atomic E-state index is -0.140. The molecule has 1 amide bonds. The van der Waals surface area contributed by atoms with Crippen LogP contribution in [-0.2, 0) is 17.6 Å². The Morgan fingerprint density at radius 3 is 2.68 bits per heavy atom. The van der Waals surface area contributed by atoms with E-state index in [1.54, 1.807) is 6.08 Å². The van der Waals surface area contributed by atoms with Crippen molar-refractivity contribution in [3.05, 3.63) is 63.9 Å². The van der Waals surface area contributed by atoms with Crippen LogP contribution in [0.5, 0.6) is 5.75 Å². The maximum absolute atomic E-state index is 12.8. The van der Waals surface area contributed by atoms with Crippen molar-refractivity contribution in [2.75, 3.05) is 11.9 Å². The van der Waals surface area contributed by atoms with Crippen molar-refractivity contribution in [2.45, 2.75) is 60.3 Å². The molecule has 1 aliphatic carbocycles. The van der Waals surface area contributed by atoms with Crippen LogP contribution in [0.15, 0.2) is 34.8 Å². The number of carbonyl (C=O) groups excluding carboxylic acids is 1. The molecule has 0 unspecified atom stereocenters. The first kappa shape index (κ1) is 21.2. The van der Waals surface area contributed by atoms with E-state index in [0.29, 0.717) is 6.61 Å². The molecule has 4 heteroatoms. The number of hydrogen-bond acceptors (Lipinski definition) is 3. The van der Waals surface area contributed by atoms with Crippen molar-refractivity contribution in [3.8, 4) is 5.75 Å². The SMILES string of the molecule is CCOc1c(/C(C)=C/C(=O)Nc2ccc(C)cc2C)cc2c3c(oc2c1C)CCCC3. The van der Waals surface area contributed by atoms with Crippen LogP contribution in [-0.4, -0.2) is 12.5 Å². The van der Waals surface area contributed by atoms with E-state index in [4.69, 9.17) is 9.15 Å². The second kappa shape index (κ2) is 8.62. The molecule has 4 rings (SSSR count). The van der Waals surface area contributed by atoms with Crippen molar-refractivity contribution in [1.82, 2.24) is 0 Å². The van der Waals surface area contributed by atoms with Crippen LogP contribution in [0.3, 0.4) is 0 Å². The van der Waals surface area contributed by atoms with Crippen LogP contribution in [0, 0.1) is 20.8 Å². The lowest BCUT2D eigenvalue weighted by Crippen LogP contribution is -2.10. The highest BCUT2D eigenvalue weighted by Crippen LogP contribution is 2.41. The molecule has 1 aliphatic rings. The van der Waals surface area contributed by atoms with Gasteiger partial charge in [0.2, 0.25) is 5.91 Å². The van der Waals surface area contributed by atoms with E-state index in [9.17, 15) is 4.79 Å². The number of aryl methyl sites for hydroxylation is 5. The Hall–Kier alpha value is -3.01. The number of benzene rings is 2. The highest BCUT2D eigenvalue weighted by Gasteiger charge is 2.23. The molecule has 0 radical (unpaired) electrons. The summed E-state index contributed by atoms with van der Waals surface area (Å²) < 4.78 is 12.3. The van der Waals surface area contributed by atoms with Crippen molar-refractivity contribution in [1.29, 1.82) is 0 Å². The largest absolute Gasteiger partial charge is 0.493 e. The maximum Gasteiger partial charge on any atom is 0.248 e. The number of ether oxygens (including phenoxy) is 1. The summed E-state index contributed by atoms with van der Waals surface area (Å²) in [5.41, 5.74) is 8.14. The number of nitrogens with one attached hydrogen (secondary N) is 1. The molecular weight excluding hydrogens is 386 g/mol. The van der Waals surface area contributed by atoms with Gasteiger partial charge in [-0.25, -0.2) is 0 Å². The standard InChI is InChI=1S/C27H31NO3/c1-6-30-26-19(5)27-22(20-9-7-8-10-24(20)31-27)15-21(26)17(3)14-25(29)28-23-12-11-16(2)13-18(23)4/h11-15H,6-10H2,1-5H3,(H,28,29)/b17-14+. The minimum Gasteiger partial charge on any atom is -0.493 e. The van der Waals surface area contributed by atoms with Crippen LogP contribution in [0.25, 0.3) is 16.5 Å². The van der Waals surface area contributed by atoms with Crippen LogP contribution in [0.1, 0.15) is 60.3 Å². The Bertz CT molecular complexity index is 1180. The normalized spacial score (nSPS) is 13.9. The van der Waals surface area contributed by atoms with Gasteiger partial charge in [0.05, 0.1) is 6.61 Å². The third-order valence-electron chi connectivity index (χ3n) is 6.13. The van der Waals surface area contributed by atoms with E-state index >= 15 is 0 Å². The number of anilines is 1. The summed E-state index contributed by atoms with van der Waals surface area (Å²) in [6.07, 6.45) is 6.07. The zero-order chi connectivity index (χ0) is 22.1. The highest BCUT2D eigenvalue weighted by atomic mass is 16.5. The molecule has 0 saturated carbocycles. The topological polar surface area (TPSA) is 51.5 Å². The van der Waals surface area contributed by atoms with E-state index in [2.05, 4.69) is 24.4 Å². The third kappa shape index (κ3) is 4.12. The van der Waals surface area contributed by atoms with Gasteiger partial charge in [-0.2, -0.15) is 0 Å². The average Bonchev–Trinajstić information content (AvgIpc) is 3.11. The van der Waals surface area contributed by atoms with Gasteiger partial charge in [0.1, 0.15) is 17.1 Å². The molecule has 31 heavy (non-hydrogen) atoms. The van der Waals surface area contributed by atoms with Gasteiger partial charge in [0, 0.05) is 40.3 Å². The number of allylic oxidation sites excluding steroid dienone is 1. The van der Waals surface area contributed by atoms with E-state index < -0.39 is 0 Å². The Balaban J connectivity index is 1.74. The lowest BCUT2D eigenvalue weighted by molar-refractivity contribution is -0.111. The summed E-state index contributed by atoms with van der Waals surface area (Å²) in [6, 6.07) is 8.17. The van der Waals surface area contributed by atoms with Gasteiger partial charge < -0.3 is 14.5 Å². The van der Waals surface area contributed by atoms with Gasteiger partial charge >= 0.3 is 0 Å². The smallest absolute Gasteiger partial charge is 0.248 e. The molecule has 162 valence electrons. The lowest BCUT2D eigenvalue weighted by atomic mass is 9.93. The highest BCUT2D eigenvalue weighted by molar-refractivity contribution is 6.05. The molecule has 1 heterocycles. The molecule has 0 fully saturated rings. The monoisotopic (exact) mass is 417 g/mol. The molecule has 1 N–H and O–H groups in total. The Morgan fingerprint density at radius 2 is 1.94 bits per heavy atom. The van der Waals surface area contributed by atoms with Crippen LogP contribution in [0.2, 0.25) is 0 Å². The van der Waals surface area contributed by atoms with Crippen LogP contribution in [0.4, 0.5) is 5.69 Å². The second-order valence-electron chi connectivity index (χ2n) is 8.53. The van der Waals surface area contributed by atoms with Crippen LogP contribution < -0.4 is 10.1 Å². The fraction of sp³-hybridized carbons (Fsp3) is 0.370. The first-order valence-electron chi connectivity index (χ1n) is 11.2. The summed E-state index contributed by atoms with van der Waals surface area (Å²) in [4.78, 5) is 12.8. The minimum absolute atomic E-state index is 0.140. The molecule has 0 bridgehead atoms. The van der Waals surface area contributed by atoms with Gasteiger partial charge in [-0.1, -0.05) is 17.7 Å². The van der Waals surface area contributed by atoms with Gasteiger partial charge in [0.15, 0.2) is 0 Å². The van der Waals surface area contributed by atoms with E-state index in [-0.39, 0.29) is 5.91 Å². The van der Waals surface area contributed by atoms with Crippen molar-refractivity contribution in [3.63, 3.8) is 0 Å². The number of fused-ring (bicyclic) bond motifs is 3. The number of hydrogen-bond donors (Lipinski definition) is 1. The van der Waals surface area contributed by atoms with Crippen molar-refractivity contribution >= 4 is 28.1 Å². The molecule has 0 atom stereocenters. The van der Waals surface area contributed by atoms with Crippen molar-refractivity contribution < 1.29 is 13.9 Å². The van der Waals surface area contributed by atoms with E-state index in [1.165, 1.54) is 24.0 Å². The summed E-state index contributed by atoms with van der Waals surface area (Å²) in [5, 5.41) is 4.17. The first-order chi connectivity index (χ1) is 14.9. The predicted molar refractivity (Wildman–Crippen MR) is 127 cm³/mol. The Morgan fingerprint density at radius 1 is 1.16 bits per heavy atom. The molecule has 0 aliphatic heterocycles. The van der Waals surface area contributed by atoms with Gasteiger partial charge in [-0.05, 0) is 77.2 Å². The molecule has 3 aromatic rings. The van der Waals surface area contributed by atoms with Crippen molar-refractivity contribution in [2.24, 2.45) is 0 Å². The zero-order valence-corrected chi connectivity index (χ0v) is 19.1. The fourth-order valence-electron chi connectivity index (χ4n) is 4.56. The van der Waals surface area contributed by atoms with Gasteiger partial charge in [-0.15, -0.1) is 0 Å². The number of rotatable bonds is 5. The number of amides is 1. The van der Waals surface area contributed by atoms with Gasteiger partial charge in [0.25, 0.3) is 0 Å². The maximum atomic E-state index is 12.8. The number of carbonyl (C=O) groups is 1. The van der Waals surface area contributed by atoms with Crippen LogP contribution >= 0.6 is 0 Å². The van der Waals surface area contributed by atoms with Gasteiger partial charge in [-0.3, -0.25) is 4.79 Å².